The van der Waals surface area contributed by atoms with Gasteiger partial charge in [-0.1, -0.05) is 115 Å². The first kappa shape index (κ1) is 35.6. The monoisotopic (exact) mass is 864 g/mol. The summed E-state index contributed by atoms with van der Waals surface area (Å²) >= 11 is 3.74. The van der Waals surface area contributed by atoms with E-state index in [0.29, 0.717) is 0 Å². The van der Waals surface area contributed by atoms with Crippen LogP contribution in [-0.4, -0.2) is 6.71 Å². The normalized spacial score (nSPS) is 13.1. The minimum atomic E-state index is -0.0788. The van der Waals surface area contributed by atoms with E-state index in [1.807, 2.05) is 35.2 Å². The Balaban J connectivity index is 1.13. The summed E-state index contributed by atoms with van der Waals surface area (Å²) in [4.78, 5) is 5.15. The third-order valence-corrected chi connectivity index (χ3v) is 16.1. The number of hydrogen-bond acceptors (Lipinski definition) is 6. The fourth-order valence-electron chi connectivity index (χ4n) is 11.2. The standard InChI is InChI=1S/C58H33BN2O2S2/c1-3-12-34(13-4-1)50-42(26-22-36-30-32-62-57(36)50)60-44-18-11-19-45-54(44)59(40-24-28-48-52(55(40)60)38-16-7-9-20-46(38)64-48)41-25-29-49-53(39-17-8-10-21-47(39)65-49)56(41)61(45)43-27-23-37-31-33-63-58(37)51(43)35-14-5-2-6-15-35/h1-33H. The summed E-state index contributed by atoms with van der Waals surface area (Å²) in [5, 5.41) is 7.24. The lowest BCUT2D eigenvalue weighted by molar-refractivity contribution is 0.616. The van der Waals surface area contributed by atoms with Gasteiger partial charge in [-0.25, -0.2) is 0 Å². The second-order valence-corrected chi connectivity index (χ2v) is 19.3. The van der Waals surface area contributed by atoms with Crippen molar-refractivity contribution >= 4 is 142 Å². The third kappa shape index (κ3) is 4.86. The number of nitrogens with zero attached hydrogens (tertiary/aromatic N) is 2. The molecule has 6 heterocycles. The largest absolute Gasteiger partial charge is 0.464 e. The molecule has 0 atom stereocenters. The van der Waals surface area contributed by atoms with Gasteiger partial charge in [-0.05, 0) is 100 Å². The van der Waals surface area contributed by atoms with Gasteiger partial charge < -0.3 is 18.6 Å². The number of furan rings is 2. The summed E-state index contributed by atoms with van der Waals surface area (Å²) in [6.07, 6.45) is 3.64. The molecular formula is C58H33BN2O2S2. The first-order valence-corrected chi connectivity index (χ1v) is 23.6. The van der Waals surface area contributed by atoms with Crippen LogP contribution >= 0.6 is 22.7 Å². The zero-order valence-electron chi connectivity index (χ0n) is 34.7. The maximum absolute atomic E-state index is 6.46. The van der Waals surface area contributed by atoms with Crippen molar-refractivity contribution in [1.82, 2.24) is 0 Å². The second kappa shape index (κ2) is 13.3. The van der Waals surface area contributed by atoms with Crippen LogP contribution in [-0.2, 0) is 0 Å². The van der Waals surface area contributed by atoms with E-state index in [0.717, 1.165) is 66.9 Å². The van der Waals surface area contributed by atoms with Crippen LogP contribution in [0.4, 0.5) is 34.1 Å². The van der Waals surface area contributed by atoms with Gasteiger partial charge in [0.15, 0.2) is 0 Å². The van der Waals surface area contributed by atoms with E-state index in [4.69, 9.17) is 8.83 Å². The van der Waals surface area contributed by atoms with E-state index in [9.17, 15) is 0 Å². The molecule has 0 amide bonds. The Morgan fingerprint density at radius 3 is 1.32 bits per heavy atom. The molecular weight excluding hydrogens is 832 g/mol. The van der Waals surface area contributed by atoms with Crippen LogP contribution in [0.15, 0.2) is 209 Å². The van der Waals surface area contributed by atoms with Gasteiger partial charge in [-0.3, -0.25) is 0 Å². The van der Waals surface area contributed by atoms with E-state index in [1.54, 1.807) is 0 Å². The van der Waals surface area contributed by atoms with Gasteiger partial charge in [0.1, 0.15) is 11.2 Å². The Morgan fingerprint density at radius 1 is 0.369 bits per heavy atom. The fraction of sp³-hybridized carbons (Fsp3) is 0. The molecule has 0 saturated heterocycles. The molecule has 2 aliphatic heterocycles. The molecule has 2 aliphatic rings. The molecule has 0 fully saturated rings. The number of rotatable bonds is 4. The third-order valence-electron chi connectivity index (χ3n) is 13.8. The van der Waals surface area contributed by atoms with Crippen LogP contribution in [0.3, 0.4) is 0 Å². The molecule has 0 unspecified atom stereocenters. The first-order valence-electron chi connectivity index (χ1n) is 22.0. The molecule has 15 rings (SSSR count). The molecule has 0 saturated carbocycles. The predicted molar refractivity (Wildman–Crippen MR) is 277 cm³/mol. The Labute approximate surface area is 381 Å². The molecule has 65 heavy (non-hydrogen) atoms. The highest BCUT2D eigenvalue weighted by Crippen LogP contribution is 2.54. The van der Waals surface area contributed by atoms with E-state index < -0.39 is 0 Å². The van der Waals surface area contributed by atoms with Crippen molar-refractivity contribution in [3.63, 3.8) is 0 Å². The molecule has 4 aromatic heterocycles. The topological polar surface area (TPSA) is 32.8 Å². The molecule has 0 radical (unpaired) electrons. The molecule has 0 spiro atoms. The van der Waals surface area contributed by atoms with E-state index >= 15 is 0 Å². The molecule has 0 aliphatic carbocycles. The molecule has 9 aromatic carbocycles. The van der Waals surface area contributed by atoms with Crippen LogP contribution in [0.5, 0.6) is 0 Å². The summed E-state index contributed by atoms with van der Waals surface area (Å²) in [6, 6.07) is 69.1. The van der Waals surface area contributed by atoms with E-state index in [-0.39, 0.29) is 6.71 Å². The highest BCUT2D eigenvalue weighted by molar-refractivity contribution is 7.26. The summed E-state index contributed by atoms with van der Waals surface area (Å²) in [5.41, 5.74) is 16.8. The predicted octanol–water partition coefficient (Wildman–Crippen LogP) is 15.3. The van der Waals surface area contributed by atoms with E-state index in [1.165, 1.54) is 68.1 Å². The van der Waals surface area contributed by atoms with Gasteiger partial charge in [-0.15, -0.1) is 22.7 Å². The number of thiophene rings is 2. The average Bonchev–Trinajstić information content (AvgIpc) is 4.19. The van der Waals surface area contributed by atoms with Gasteiger partial charge in [0, 0.05) is 73.6 Å². The molecule has 0 bridgehead atoms. The highest BCUT2D eigenvalue weighted by atomic mass is 32.1. The van der Waals surface area contributed by atoms with Gasteiger partial charge in [0.25, 0.3) is 6.71 Å². The van der Waals surface area contributed by atoms with Crippen molar-refractivity contribution in [2.24, 2.45) is 0 Å². The van der Waals surface area contributed by atoms with Crippen molar-refractivity contribution in [1.29, 1.82) is 0 Å². The lowest BCUT2D eigenvalue weighted by Gasteiger charge is -2.45. The Kier molecular flexibility index (Phi) is 7.31. The van der Waals surface area contributed by atoms with Crippen molar-refractivity contribution in [2.75, 3.05) is 9.80 Å². The summed E-state index contributed by atoms with van der Waals surface area (Å²) in [7, 11) is 0. The minimum absolute atomic E-state index is 0.0788. The maximum atomic E-state index is 6.46. The maximum Gasteiger partial charge on any atom is 0.252 e. The SMILES string of the molecule is c1ccc(-c2c(N3c4cccc5c4B(c4ccc6sc7ccccc7c6c43)c3ccc4sc6ccccc6c4c3N5c3ccc4ccoc4c3-c3ccccc3)ccc3ccoc23)cc1. The van der Waals surface area contributed by atoms with Crippen molar-refractivity contribution in [3.05, 3.63) is 201 Å². The van der Waals surface area contributed by atoms with Crippen molar-refractivity contribution in [3.8, 4) is 22.3 Å². The number of benzene rings is 9. The first-order chi connectivity index (χ1) is 32.3. The van der Waals surface area contributed by atoms with Crippen molar-refractivity contribution in [2.45, 2.75) is 0 Å². The molecule has 302 valence electrons. The van der Waals surface area contributed by atoms with Crippen LogP contribution < -0.4 is 26.2 Å². The lowest BCUT2D eigenvalue weighted by Crippen LogP contribution is -2.61. The zero-order valence-corrected chi connectivity index (χ0v) is 36.3. The lowest BCUT2D eigenvalue weighted by atomic mass is 9.33. The Bertz CT molecular complexity index is 3850. The average molecular weight is 865 g/mol. The van der Waals surface area contributed by atoms with Gasteiger partial charge in [0.2, 0.25) is 0 Å². The van der Waals surface area contributed by atoms with Crippen LogP contribution in [0.25, 0.3) is 84.5 Å². The van der Waals surface area contributed by atoms with Gasteiger partial charge in [-0.2, -0.15) is 0 Å². The van der Waals surface area contributed by atoms with Gasteiger partial charge in [0.05, 0.1) is 35.3 Å². The number of hydrogen-bond donors (Lipinski definition) is 0. The highest BCUT2D eigenvalue weighted by Gasteiger charge is 2.46. The zero-order chi connectivity index (χ0) is 42.3. The number of fused-ring (bicyclic) bond motifs is 14. The quantitative estimate of drug-likeness (QED) is 0.165. The minimum Gasteiger partial charge on any atom is -0.464 e. The van der Waals surface area contributed by atoms with Crippen LogP contribution in [0.1, 0.15) is 0 Å². The van der Waals surface area contributed by atoms with Crippen LogP contribution in [0.2, 0.25) is 0 Å². The van der Waals surface area contributed by atoms with Gasteiger partial charge >= 0.3 is 0 Å². The Hall–Kier alpha value is -7.84. The Morgan fingerprint density at radius 2 is 0.831 bits per heavy atom. The summed E-state index contributed by atoms with van der Waals surface area (Å²) in [5.74, 6) is 0. The molecule has 7 heteroatoms. The van der Waals surface area contributed by atoms with Crippen molar-refractivity contribution < 1.29 is 8.83 Å². The van der Waals surface area contributed by atoms with E-state index in [2.05, 4.69) is 198 Å². The number of anilines is 6. The van der Waals surface area contributed by atoms with Crippen LogP contribution in [0, 0.1) is 0 Å². The summed E-state index contributed by atoms with van der Waals surface area (Å²) < 4.78 is 18.0. The second-order valence-electron chi connectivity index (χ2n) is 17.1. The molecule has 4 nitrogen and oxygen atoms in total. The summed E-state index contributed by atoms with van der Waals surface area (Å²) in [6.45, 7) is -0.0788. The smallest absolute Gasteiger partial charge is 0.252 e. The molecule has 13 aromatic rings. The molecule has 0 N–H and O–H groups in total. The fourth-order valence-corrected chi connectivity index (χ4v) is 13.4.